The summed E-state index contributed by atoms with van der Waals surface area (Å²) < 4.78 is 0. The standard InChI is InChI=1S/C24H12Cl4N4/c25-17-11-15(29-23(27)31-17)21-19(13-7-3-1-4-8-13)22(16-12-18(26)32-24(28)30-16)20(21)14-9-5-2-6-10-14/h1-12H. The van der Waals surface area contributed by atoms with Crippen LogP contribution in [0.3, 0.4) is 0 Å². The lowest BCUT2D eigenvalue weighted by atomic mass is 9.71. The maximum absolute atomic E-state index is 6.23. The molecule has 5 rings (SSSR count). The van der Waals surface area contributed by atoms with Crippen LogP contribution in [0.4, 0.5) is 0 Å². The van der Waals surface area contributed by atoms with Crippen molar-refractivity contribution in [3.05, 3.63) is 116 Å². The Morgan fingerprint density at radius 2 is 0.812 bits per heavy atom. The van der Waals surface area contributed by atoms with Crippen molar-refractivity contribution in [1.29, 1.82) is 0 Å². The highest BCUT2D eigenvalue weighted by atomic mass is 35.5. The number of nitrogens with zero attached hydrogens (tertiary/aromatic N) is 4. The number of aromatic nitrogens is 4. The third kappa shape index (κ3) is 3.91. The van der Waals surface area contributed by atoms with E-state index in [2.05, 4.69) is 19.9 Å². The first-order chi connectivity index (χ1) is 15.5. The third-order valence-electron chi connectivity index (χ3n) is 4.97. The van der Waals surface area contributed by atoms with Crippen LogP contribution in [0.1, 0.15) is 22.5 Å². The normalized spacial score (nSPS) is 13.4. The average molecular weight is 498 g/mol. The van der Waals surface area contributed by atoms with Gasteiger partial charge in [0.05, 0.1) is 11.4 Å². The molecule has 0 unspecified atom stereocenters. The first kappa shape index (κ1) is 21.1. The molecule has 0 atom stereocenters. The molecule has 2 aromatic carbocycles. The van der Waals surface area contributed by atoms with Gasteiger partial charge in [-0.05, 0) is 34.3 Å². The van der Waals surface area contributed by atoms with Crippen molar-refractivity contribution in [3.8, 4) is 0 Å². The van der Waals surface area contributed by atoms with E-state index in [-0.39, 0.29) is 20.9 Å². The molecule has 0 bridgehead atoms. The molecule has 8 heteroatoms. The highest BCUT2D eigenvalue weighted by Gasteiger charge is 2.35. The number of hydrogen-bond donors (Lipinski definition) is 0. The summed E-state index contributed by atoms with van der Waals surface area (Å²) >= 11 is 24.8. The maximum Gasteiger partial charge on any atom is 0.224 e. The number of allylic oxidation sites excluding steroid dienone is 4. The Morgan fingerprint density at radius 3 is 1.16 bits per heavy atom. The molecule has 0 fully saturated rings. The highest BCUT2D eigenvalue weighted by Crippen LogP contribution is 2.55. The average Bonchev–Trinajstić information content (AvgIpc) is 2.73. The van der Waals surface area contributed by atoms with Crippen LogP contribution in [0.5, 0.6) is 0 Å². The molecule has 0 saturated carbocycles. The zero-order valence-electron chi connectivity index (χ0n) is 16.2. The van der Waals surface area contributed by atoms with Gasteiger partial charge < -0.3 is 0 Å². The van der Waals surface area contributed by atoms with E-state index in [1.54, 1.807) is 12.1 Å². The fourth-order valence-electron chi connectivity index (χ4n) is 3.77. The third-order valence-corrected chi connectivity index (χ3v) is 5.70. The van der Waals surface area contributed by atoms with Crippen LogP contribution in [-0.2, 0) is 0 Å². The van der Waals surface area contributed by atoms with Crippen LogP contribution in [-0.4, -0.2) is 19.9 Å². The maximum atomic E-state index is 6.23. The van der Waals surface area contributed by atoms with Gasteiger partial charge in [-0.3, -0.25) is 0 Å². The summed E-state index contributed by atoms with van der Waals surface area (Å²) in [5, 5.41) is 0.658. The van der Waals surface area contributed by atoms with Gasteiger partial charge in [-0.25, -0.2) is 19.9 Å². The van der Waals surface area contributed by atoms with E-state index in [0.29, 0.717) is 11.4 Å². The monoisotopic (exact) mass is 496 g/mol. The summed E-state index contributed by atoms with van der Waals surface area (Å²) in [6, 6.07) is 23.3. The van der Waals surface area contributed by atoms with Crippen molar-refractivity contribution < 1.29 is 0 Å². The lowest BCUT2D eigenvalue weighted by Gasteiger charge is -2.32. The summed E-state index contributed by atoms with van der Waals surface area (Å²) in [4.78, 5) is 16.9. The Bertz CT molecular complexity index is 1240. The van der Waals surface area contributed by atoms with E-state index in [1.807, 2.05) is 60.7 Å². The number of halogens is 4. The van der Waals surface area contributed by atoms with Crippen molar-refractivity contribution in [2.45, 2.75) is 0 Å². The van der Waals surface area contributed by atoms with E-state index in [0.717, 1.165) is 33.4 Å². The summed E-state index contributed by atoms with van der Waals surface area (Å²) in [6.07, 6.45) is 0. The largest absolute Gasteiger partial charge is 0.224 e. The minimum Gasteiger partial charge on any atom is -0.218 e. The molecule has 0 aliphatic heterocycles. The van der Waals surface area contributed by atoms with E-state index in [1.165, 1.54) is 0 Å². The van der Waals surface area contributed by atoms with E-state index < -0.39 is 0 Å². The van der Waals surface area contributed by atoms with Crippen LogP contribution >= 0.6 is 46.4 Å². The lowest BCUT2D eigenvalue weighted by molar-refractivity contribution is 1.14. The van der Waals surface area contributed by atoms with Crippen molar-refractivity contribution in [3.63, 3.8) is 0 Å². The molecular formula is C24H12Cl4N4. The fourth-order valence-corrected chi connectivity index (χ4v) is 4.59. The minimum absolute atomic E-state index is 0.0707. The zero-order valence-corrected chi connectivity index (χ0v) is 19.3. The highest BCUT2D eigenvalue weighted by molar-refractivity contribution is 6.43. The van der Waals surface area contributed by atoms with Crippen LogP contribution in [0.25, 0.3) is 22.3 Å². The van der Waals surface area contributed by atoms with Gasteiger partial charge in [0.1, 0.15) is 10.3 Å². The topological polar surface area (TPSA) is 51.6 Å². The lowest BCUT2D eigenvalue weighted by Crippen LogP contribution is -2.13. The summed E-state index contributed by atoms with van der Waals surface area (Å²) in [5.41, 5.74) is 6.82. The summed E-state index contributed by atoms with van der Waals surface area (Å²) in [5.74, 6) is 0. The van der Waals surface area contributed by atoms with Gasteiger partial charge in [0.15, 0.2) is 0 Å². The predicted octanol–water partition coefficient (Wildman–Crippen LogP) is 7.42. The van der Waals surface area contributed by atoms with Crippen molar-refractivity contribution in [2.24, 2.45) is 0 Å². The molecule has 0 saturated heterocycles. The summed E-state index contributed by atoms with van der Waals surface area (Å²) in [6.45, 7) is 0. The van der Waals surface area contributed by atoms with Crippen molar-refractivity contribution in [2.75, 3.05) is 0 Å². The zero-order chi connectivity index (χ0) is 22.2. The van der Waals surface area contributed by atoms with E-state index >= 15 is 0 Å². The minimum atomic E-state index is 0.0707. The van der Waals surface area contributed by atoms with E-state index in [4.69, 9.17) is 46.4 Å². The fraction of sp³-hybridized carbons (Fsp3) is 0. The van der Waals surface area contributed by atoms with Crippen molar-refractivity contribution in [1.82, 2.24) is 19.9 Å². The smallest absolute Gasteiger partial charge is 0.218 e. The van der Waals surface area contributed by atoms with Crippen LogP contribution in [0.15, 0.2) is 72.8 Å². The Labute approximate surface area is 204 Å². The molecule has 4 aromatic rings. The molecule has 0 N–H and O–H groups in total. The van der Waals surface area contributed by atoms with Crippen LogP contribution in [0, 0.1) is 0 Å². The molecule has 2 heterocycles. The second-order valence-electron chi connectivity index (χ2n) is 6.92. The Morgan fingerprint density at radius 1 is 0.438 bits per heavy atom. The number of benzene rings is 2. The molecule has 0 radical (unpaired) electrons. The second-order valence-corrected chi connectivity index (χ2v) is 8.37. The van der Waals surface area contributed by atoms with E-state index in [9.17, 15) is 0 Å². The van der Waals surface area contributed by atoms with Gasteiger partial charge in [-0.2, -0.15) is 0 Å². The van der Waals surface area contributed by atoms with Gasteiger partial charge in [0.25, 0.3) is 0 Å². The molecule has 2 aromatic heterocycles. The Balaban J connectivity index is 1.84. The number of hydrogen-bond acceptors (Lipinski definition) is 4. The van der Waals surface area contributed by atoms with Crippen LogP contribution in [0.2, 0.25) is 20.9 Å². The molecule has 0 spiro atoms. The van der Waals surface area contributed by atoms with Gasteiger partial charge in [-0.15, -0.1) is 0 Å². The van der Waals surface area contributed by atoms with Crippen LogP contribution < -0.4 is 0 Å². The Hall–Kier alpha value is -2.76. The second kappa shape index (κ2) is 8.64. The molecule has 4 nitrogen and oxygen atoms in total. The molecular weight excluding hydrogens is 486 g/mol. The quantitative estimate of drug-likeness (QED) is 0.217. The Kier molecular flexibility index (Phi) is 5.70. The SMILES string of the molecule is Clc1cc(C2=C(c3ccccc3)C(c3cc(Cl)nc(Cl)n3)=C2c2ccccc2)nc(Cl)n1. The molecule has 1 aliphatic carbocycles. The van der Waals surface area contributed by atoms with Crippen molar-refractivity contribution >= 4 is 68.7 Å². The molecule has 0 amide bonds. The van der Waals surface area contributed by atoms with Gasteiger partial charge >= 0.3 is 0 Å². The molecule has 156 valence electrons. The number of rotatable bonds is 4. The molecule has 1 aliphatic rings. The summed E-state index contributed by atoms with van der Waals surface area (Å²) in [7, 11) is 0. The van der Waals surface area contributed by atoms with Gasteiger partial charge in [0.2, 0.25) is 10.6 Å². The molecule has 32 heavy (non-hydrogen) atoms. The first-order valence-corrected chi connectivity index (χ1v) is 11.0. The predicted molar refractivity (Wildman–Crippen MR) is 131 cm³/mol. The van der Waals surface area contributed by atoms with Gasteiger partial charge in [-0.1, -0.05) is 83.9 Å². The van der Waals surface area contributed by atoms with Gasteiger partial charge in [0, 0.05) is 34.4 Å². The first-order valence-electron chi connectivity index (χ1n) is 9.52.